The second kappa shape index (κ2) is 15.7. The molecule has 0 saturated carbocycles. The van der Waals surface area contributed by atoms with Crippen LogP contribution in [-0.4, -0.2) is 79.6 Å². The van der Waals surface area contributed by atoms with Crippen molar-refractivity contribution in [2.24, 2.45) is 5.73 Å². The molecule has 2 amide bonds. The molecule has 1 aliphatic carbocycles. The number of halogens is 4. The summed E-state index contributed by atoms with van der Waals surface area (Å²) < 4.78 is 0. The largest absolute Gasteiger partial charge is 0.480 e. The number of nitrogens with two attached hydrogens (primary N) is 1. The van der Waals surface area contributed by atoms with Gasteiger partial charge in [0.1, 0.15) is 23.5 Å². The topological polar surface area (TPSA) is 179 Å². The van der Waals surface area contributed by atoms with E-state index in [2.05, 4.69) is 10.6 Å². The number of benzene rings is 1. The summed E-state index contributed by atoms with van der Waals surface area (Å²) >= 11 is 26.4. The van der Waals surface area contributed by atoms with Gasteiger partial charge in [-0.15, -0.1) is 35.0 Å². The van der Waals surface area contributed by atoms with Gasteiger partial charge >= 0.3 is 11.9 Å². The molecule has 0 aromatic heterocycles. The molecule has 0 aliphatic heterocycles. The van der Waals surface area contributed by atoms with Gasteiger partial charge in [-0.25, -0.2) is 0 Å². The maximum atomic E-state index is 12.7. The number of alkyl halides is 2. The number of amides is 2. The van der Waals surface area contributed by atoms with Gasteiger partial charge in [0.15, 0.2) is 0 Å². The third-order valence-corrected chi connectivity index (χ3v) is 8.43. The Morgan fingerprint density at radius 1 is 1.08 bits per heavy atom. The first-order valence-electron chi connectivity index (χ1n) is 11.5. The van der Waals surface area contributed by atoms with E-state index in [0.717, 1.165) is 11.8 Å². The number of carboxylic acid groups (broad SMARTS) is 2. The van der Waals surface area contributed by atoms with Crippen LogP contribution in [0.5, 0.6) is 0 Å². The van der Waals surface area contributed by atoms with Crippen molar-refractivity contribution in [3.63, 3.8) is 0 Å². The predicted molar refractivity (Wildman–Crippen MR) is 151 cm³/mol. The van der Waals surface area contributed by atoms with Crippen molar-refractivity contribution in [1.82, 2.24) is 10.6 Å². The SMILES string of the molecule is NC(CCC(=O)NC(CSC1C(Cl)=CC=C(C(c2ccccc2Cl)C(Cl)Cl)C1O)C(=O)NCC(=O)O)C(=O)O. The van der Waals surface area contributed by atoms with E-state index in [1.165, 1.54) is 0 Å². The highest BCUT2D eigenvalue weighted by Crippen LogP contribution is 2.43. The summed E-state index contributed by atoms with van der Waals surface area (Å²) in [7, 11) is 0. The highest BCUT2D eigenvalue weighted by molar-refractivity contribution is 8.00. The van der Waals surface area contributed by atoms with Crippen molar-refractivity contribution in [2.45, 2.75) is 47.0 Å². The van der Waals surface area contributed by atoms with Crippen LogP contribution < -0.4 is 16.4 Å². The summed E-state index contributed by atoms with van der Waals surface area (Å²) in [6, 6.07) is 4.38. The van der Waals surface area contributed by atoms with Crippen LogP contribution in [0.2, 0.25) is 5.02 Å². The zero-order valence-corrected chi connectivity index (χ0v) is 24.1. The van der Waals surface area contributed by atoms with Gasteiger partial charge in [-0.3, -0.25) is 19.2 Å². The lowest BCUT2D eigenvalue weighted by Gasteiger charge is -2.33. The number of allylic oxidation sites excluding steroid dienone is 2. The first kappa shape index (κ1) is 33.2. The molecule has 10 nitrogen and oxygen atoms in total. The monoisotopic (exact) mass is 641 g/mol. The van der Waals surface area contributed by atoms with Crippen LogP contribution in [0.15, 0.2) is 47.0 Å². The Balaban J connectivity index is 2.20. The molecule has 1 aromatic rings. The average Bonchev–Trinajstić information content (AvgIpc) is 2.87. The summed E-state index contributed by atoms with van der Waals surface area (Å²) in [5.41, 5.74) is 6.44. The number of thioether (sulfide) groups is 1. The summed E-state index contributed by atoms with van der Waals surface area (Å²) in [5, 5.41) is 33.6. The third kappa shape index (κ3) is 9.86. The fourth-order valence-electron chi connectivity index (χ4n) is 3.69. The van der Waals surface area contributed by atoms with Crippen LogP contribution in [0.1, 0.15) is 24.3 Å². The quantitative estimate of drug-likeness (QED) is 0.166. The molecule has 0 radical (unpaired) electrons. The number of carbonyl (C=O) groups is 4. The Hall–Kier alpha value is -1.99. The van der Waals surface area contributed by atoms with Gasteiger partial charge in [0.2, 0.25) is 11.8 Å². The molecule has 214 valence electrons. The zero-order valence-electron chi connectivity index (χ0n) is 20.2. The van der Waals surface area contributed by atoms with Crippen molar-refractivity contribution in [1.29, 1.82) is 0 Å². The lowest BCUT2D eigenvalue weighted by molar-refractivity contribution is -0.139. The molecule has 1 aromatic carbocycles. The second-order valence-electron chi connectivity index (χ2n) is 8.47. The number of carboxylic acids is 2. The minimum absolute atomic E-state index is 0.122. The van der Waals surface area contributed by atoms with Crippen molar-refractivity contribution >= 4 is 81.9 Å². The molecule has 39 heavy (non-hydrogen) atoms. The summed E-state index contributed by atoms with van der Waals surface area (Å²) in [6.07, 6.45) is 1.49. The molecular formula is C24H27Cl4N3O7S. The van der Waals surface area contributed by atoms with Gasteiger partial charge in [0.05, 0.1) is 11.4 Å². The normalized spacial score (nSPS) is 19.4. The van der Waals surface area contributed by atoms with Gasteiger partial charge < -0.3 is 31.7 Å². The van der Waals surface area contributed by atoms with Gasteiger partial charge in [0.25, 0.3) is 0 Å². The first-order valence-corrected chi connectivity index (χ1v) is 14.2. The molecule has 15 heteroatoms. The van der Waals surface area contributed by atoms with Crippen LogP contribution in [0.25, 0.3) is 0 Å². The highest BCUT2D eigenvalue weighted by atomic mass is 35.5. The summed E-state index contributed by atoms with van der Waals surface area (Å²) in [6.45, 7) is -0.689. The number of carbonyl (C=O) groups excluding carboxylic acids is 2. The van der Waals surface area contributed by atoms with Crippen molar-refractivity contribution in [2.75, 3.05) is 12.3 Å². The number of hydrogen-bond acceptors (Lipinski definition) is 7. The van der Waals surface area contributed by atoms with Crippen LogP contribution >= 0.6 is 58.2 Å². The van der Waals surface area contributed by atoms with E-state index in [1.54, 1.807) is 36.4 Å². The minimum Gasteiger partial charge on any atom is -0.480 e. The molecule has 0 saturated heterocycles. The molecule has 0 spiro atoms. The van der Waals surface area contributed by atoms with Crippen LogP contribution in [-0.2, 0) is 19.2 Å². The highest BCUT2D eigenvalue weighted by Gasteiger charge is 2.37. The number of hydrogen-bond donors (Lipinski definition) is 6. The van der Waals surface area contributed by atoms with E-state index in [9.17, 15) is 24.3 Å². The fourth-order valence-corrected chi connectivity index (χ4v) is 6.09. The van der Waals surface area contributed by atoms with E-state index < -0.39 is 64.5 Å². The van der Waals surface area contributed by atoms with Crippen LogP contribution in [0.3, 0.4) is 0 Å². The van der Waals surface area contributed by atoms with Gasteiger partial charge in [-0.1, -0.05) is 47.5 Å². The molecule has 0 heterocycles. The second-order valence-corrected chi connectivity index (χ2v) is 11.6. The van der Waals surface area contributed by atoms with Crippen molar-refractivity contribution < 1.29 is 34.5 Å². The number of aliphatic hydroxyl groups excluding tert-OH is 1. The van der Waals surface area contributed by atoms with Gasteiger partial charge in [-0.05, 0) is 29.7 Å². The maximum Gasteiger partial charge on any atom is 0.322 e. The molecule has 2 rings (SSSR count). The number of aliphatic hydroxyl groups is 1. The smallest absolute Gasteiger partial charge is 0.322 e. The lowest BCUT2D eigenvalue weighted by atomic mass is 9.85. The summed E-state index contributed by atoms with van der Waals surface area (Å²) in [4.78, 5) is 45.9. The van der Waals surface area contributed by atoms with Crippen molar-refractivity contribution in [3.05, 3.63) is 57.6 Å². The van der Waals surface area contributed by atoms with E-state index in [4.69, 9.17) is 62.4 Å². The van der Waals surface area contributed by atoms with Crippen molar-refractivity contribution in [3.8, 4) is 0 Å². The van der Waals surface area contributed by atoms with E-state index in [1.807, 2.05) is 0 Å². The van der Waals surface area contributed by atoms with E-state index in [0.29, 0.717) is 16.2 Å². The minimum atomic E-state index is -1.29. The number of nitrogens with one attached hydrogen (secondary N) is 2. The number of aliphatic carboxylic acids is 2. The third-order valence-electron chi connectivity index (χ3n) is 5.69. The molecule has 1 aliphatic rings. The standard InChI is InChI=1S/C24H27Cl4N3O7S/c25-13-4-2-1-3-11(13)19(22(27)28)12-5-6-14(26)21(20(12)35)39-10-16(23(36)30-9-18(33)34)31-17(32)8-7-15(29)24(37)38/h1-6,15-16,19-22,35H,7-10,29H2,(H,30,36)(H,31,32)(H,33,34)(H,37,38). The molecule has 5 atom stereocenters. The van der Waals surface area contributed by atoms with E-state index >= 15 is 0 Å². The Bertz CT molecular complexity index is 1130. The maximum absolute atomic E-state index is 12.7. The lowest BCUT2D eigenvalue weighted by Crippen LogP contribution is -2.50. The Morgan fingerprint density at radius 3 is 2.33 bits per heavy atom. The Labute approximate surface area is 248 Å². The Morgan fingerprint density at radius 2 is 1.74 bits per heavy atom. The molecule has 5 unspecified atom stereocenters. The Kier molecular flexibility index (Phi) is 13.4. The van der Waals surface area contributed by atoms with Gasteiger partial charge in [0, 0.05) is 28.1 Å². The summed E-state index contributed by atoms with van der Waals surface area (Å²) in [5.74, 6) is -4.84. The van der Waals surface area contributed by atoms with Crippen LogP contribution in [0, 0.1) is 0 Å². The van der Waals surface area contributed by atoms with Gasteiger partial charge in [-0.2, -0.15) is 0 Å². The predicted octanol–water partition coefficient (Wildman–Crippen LogP) is 2.63. The molecule has 0 fully saturated rings. The molecule has 0 bridgehead atoms. The molecule has 7 N–H and O–H groups in total. The fraction of sp³-hybridized carbons (Fsp3) is 0.417. The zero-order chi connectivity index (χ0) is 29.3. The average molecular weight is 643 g/mol. The number of rotatable bonds is 14. The first-order chi connectivity index (χ1) is 18.3. The van der Waals surface area contributed by atoms with Crippen LogP contribution in [0.4, 0.5) is 0 Å². The molecular weight excluding hydrogens is 616 g/mol. The van der Waals surface area contributed by atoms with E-state index in [-0.39, 0.29) is 23.6 Å².